The van der Waals surface area contributed by atoms with E-state index in [1.165, 1.54) is 89.0 Å². The van der Waals surface area contributed by atoms with Crippen LogP contribution in [-0.2, 0) is 26.4 Å². The standard InChI is InChI=1S/2C29H31.C2H7Si.2ClH.Zr/c2*1-28(2,3)22-18-21-16-17-26(29(4,5)6)27(25(21)19-22)24-15-11-10-14-23(24)20-12-8-7-9-13-20;1-3-2;;;/h2*7-19H,1-6H3;3H,1-2H3;2*1H;/q;;;;;+2/p-2. The van der Waals surface area contributed by atoms with Gasteiger partial charge in [0.25, 0.3) is 0 Å². The topological polar surface area (TPSA) is 0 Å². The SMILES string of the molecule is C[SiH](C)[Zr]([Cl])([Cl])([CH]1C(C(C)(C)C)=Cc2c1ccc(C(C)(C)C)c2-c1ccccc1-c1ccccc1)[CH]1C(C(C)(C)C)=Cc2c1ccc(C(C)(C)C)c2-c1ccccc1-c1ccccc1. The molecule has 0 saturated carbocycles. The summed E-state index contributed by atoms with van der Waals surface area (Å²) in [4.78, 5) is 0. The van der Waals surface area contributed by atoms with Crippen LogP contribution in [0, 0.1) is 10.8 Å². The summed E-state index contributed by atoms with van der Waals surface area (Å²) in [7, 11) is 18.5. The van der Waals surface area contributed by atoms with E-state index in [-0.39, 0.29) is 28.9 Å². The van der Waals surface area contributed by atoms with Crippen molar-refractivity contribution < 1.29 is 15.6 Å². The van der Waals surface area contributed by atoms with Gasteiger partial charge in [0.15, 0.2) is 0 Å². The van der Waals surface area contributed by atoms with Gasteiger partial charge in [-0.3, -0.25) is 0 Å². The van der Waals surface area contributed by atoms with E-state index >= 15 is 0 Å². The fraction of sp³-hybridized carbons (Fsp3) is 0.333. The fourth-order valence-corrected chi connectivity index (χ4v) is 42.6. The number of benzene rings is 6. The second kappa shape index (κ2) is 16.4. The average Bonchev–Trinajstić information content (AvgIpc) is 3.85. The van der Waals surface area contributed by atoms with Crippen LogP contribution in [0.1, 0.15) is 124 Å². The van der Waals surface area contributed by atoms with Gasteiger partial charge in [-0.1, -0.05) is 0 Å². The molecule has 0 saturated heterocycles. The number of hydrogen-bond acceptors (Lipinski definition) is 0. The van der Waals surface area contributed by atoms with E-state index in [0.29, 0.717) is 0 Å². The number of hydrogen-bond donors (Lipinski definition) is 0. The Morgan fingerprint density at radius 2 is 0.703 bits per heavy atom. The average molecular weight is 980 g/mol. The molecular formula is C60H69Cl2SiZr. The van der Waals surface area contributed by atoms with Crippen LogP contribution in [0.5, 0.6) is 0 Å². The molecule has 2 atom stereocenters. The van der Waals surface area contributed by atoms with Crippen molar-refractivity contribution in [3.8, 4) is 44.5 Å². The first-order valence-electron chi connectivity index (χ1n) is 23.5. The van der Waals surface area contributed by atoms with Crippen LogP contribution in [0.3, 0.4) is 0 Å². The van der Waals surface area contributed by atoms with Gasteiger partial charge in [0.05, 0.1) is 0 Å². The molecule has 4 heteroatoms. The fourth-order valence-electron chi connectivity index (χ4n) is 11.2. The molecule has 0 aliphatic heterocycles. The van der Waals surface area contributed by atoms with Crippen LogP contribution < -0.4 is 0 Å². The molecule has 2 aliphatic rings. The molecule has 0 amide bonds. The third kappa shape index (κ3) is 7.89. The molecular weight excluding hydrogens is 911 g/mol. The zero-order chi connectivity index (χ0) is 46.4. The molecule has 2 unspecified atom stereocenters. The first kappa shape index (κ1) is 47.0. The molecule has 8 rings (SSSR count). The van der Waals surface area contributed by atoms with Crippen LogP contribution in [0.2, 0.25) is 13.1 Å². The van der Waals surface area contributed by atoms with Gasteiger partial charge < -0.3 is 0 Å². The molecule has 0 radical (unpaired) electrons. The Kier molecular flexibility index (Phi) is 12.0. The van der Waals surface area contributed by atoms with E-state index in [1.807, 2.05) is 0 Å². The Bertz CT molecular complexity index is 2630. The van der Waals surface area contributed by atoms with E-state index in [1.54, 1.807) is 0 Å². The number of allylic oxidation sites excluding steroid dienone is 2. The summed E-state index contributed by atoms with van der Waals surface area (Å²) in [6.07, 6.45) is 5.14. The van der Waals surface area contributed by atoms with E-state index < -0.39 is 21.5 Å². The predicted molar refractivity (Wildman–Crippen MR) is 283 cm³/mol. The van der Waals surface area contributed by atoms with Crippen molar-refractivity contribution in [3.63, 3.8) is 0 Å². The quantitative estimate of drug-likeness (QED) is 0.140. The van der Waals surface area contributed by atoms with Crippen molar-refractivity contribution in [2.75, 3.05) is 0 Å². The van der Waals surface area contributed by atoms with E-state index in [0.717, 1.165) is 0 Å². The summed E-state index contributed by atoms with van der Waals surface area (Å²) in [5, 5.41) is 0. The Balaban J connectivity index is 1.47. The third-order valence-corrected chi connectivity index (χ3v) is 66.1. The van der Waals surface area contributed by atoms with Crippen LogP contribution >= 0.6 is 17.0 Å². The summed E-state index contributed by atoms with van der Waals surface area (Å²) >= 11 is -5.32. The maximum atomic E-state index is 9.26. The molecule has 0 spiro atoms. The van der Waals surface area contributed by atoms with E-state index in [4.69, 9.17) is 0 Å². The van der Waals surface area contributed by atoms with Crippen molar-refractivity contribution in [1.29, 1.82) is 0 Å². The zero-order valence-corrected chi connectivity index (χ0v) is 46.0. The van der Waals surface area contributed by atoms with Crippen molar-refractivity contribution in [2.45, 2.75) is 114 Å². The Labute approximate surface area is 395 Å². The third-order valence-electron chi connectivity index (χ3n) is 14.5. The van der Waals surface area contributed by atoms with Gasteiger partial charge in [-0.25, -0.2) is 0 Å². The molecule has 6 aromatic carbocycles. The maximum absolute atomic E-state index is 9.26. The summed E-state index contributed by atoms with van der Waals surface area (Å²) < 4.78 is -0.126. The van der Waals surface area contributed by atoms with Crippen LogP contribution in [0.15, 0.2) is 145 Å². The van der Waals surface area contributed by atoms with Crippen LogP contribution in [0.25, 0.3) is 56.7 Å². The molecule has 0 aromatic heterocycles. The summed E-state index contributed by atoms with van der Waals surface area (Å²) in [5.74, 6) is -1.89. The second-order valence-electron chi connectivity index (χ2n) is 23.3. The Morgan fingerprint density at radius 1 is 0.391 bits per heavy atom. The first-order valence-corrected chi connectivity index (χ1v) is 39.8. The monoisotopic (exact) mass is 977 g/mol. The molecule has 0 fully saturated rings. The van der Waals surface area contributed by atoms with Crippen molar-refractivity contribution in [2.24, 2.45) is 10.8 Å². The number of halogens is 2. The van der Waals surface area contributed by atoms with E-state index in [9.17, 15) is 17.0 Å². The van der Waals surface area contributed by atoms with Gasteiger partial charge in [-0.15, -0.1) is 0 Å². The Hall–Kier alpha value is -3.52. The molecule has 0 N–H and O–H groups in total. The van der Waals surface area contributed by atoms with Gasteiger partial charge in [-0.05, 0) is 0 Å². The zero-order valence-electron chi connectivity index (χ0n) is 40.8. The van der Waals surface area contributed by atoms with Crippen molar-refractivity contribution in [3.05, 3.63) is 178 Å². The van der Waals surface area contributed by atoms with Crippen LogP contribution in [0.4, 0.5) is 0 Å². The van der Waals surface area contributed by atoms with Gasteiger partial charge >= 0.3 is 398 Å². The molecule has 0 bridgehead atoms. The van der Waals surface area contributed by atoms with Crippen molar-refractivity contribution in [1.82, 2.24) is 0 Å². The number of rotatable bonds is 7. The molecule has 6 aromatic rings. The van der Waals surface area contributed by atoms with Gasteiger partial charge in [-0.2, -0.15) is 0 Å². The number of fused-ring (bicyclic) bond motifs is 2. The molecule has 0 heterocycles. The molecule has 0 nitrogen and oxygen atoms in total. The van der Waals surface area contributed by atoms with Gasteiger partial charge in [0, 0.05) is 0 Å². The molecule has 331 valence electrons. The minimum atomic E-state index is -5.32. The van der Waals surface area contributed by atoms with E-state index in [2.05, 4.69) is 242 Å². The van der Waals surface area contributed by atoms with Crippen molar-refractivity contribution >= 4 is 35.1 Å². The molecule has 2 aliphatic carbocycles. The summed E-state index contributed by atoms with van der Waals surface area (Å²) in [6.45, 7) is 33.5. The summed E-state index contributed by atoms with van der Waals surface area (Å²) in [6, 6.07) is 49.6. The van der Waals surface area contributed by atoms with Crippen LogP contribution in [-0.4, -0.2) is 5.92 Å². The normalized spacial score (nSPS) is 17.4. The Morgan fingerprint density at radius 3 is 1.00 bits per heavy atom. The second-order valence-corrected chi connectivity index (χ2v) is 65.8. The molecule has 64 heavy (non-hydrogen) atoms. The first-order chi connectivity index (χ1) is 29.8. The van der Waals surface area contributed by atoms with Gasteiger partial charge in [0.1, 0.15) is 0 Å². The minimum absolute atomic E-state index is 0.0628. The predicted octanol–water partition coefficient (Wildman–Crippen LogP) is 18.6. The summed E-state index contributed by atoms with van der Waals surface area (Å²) in [5.41, 5.74) is 20.3. The van der Waals surface area contributed by atoms with Gasteiger partial charge in [0.2, 0.25) is 0 Å².